The summed E-state index contributed by atoms with van der Waals surface area (Å²) in [6, 6.07) is 1.68. The minimum Gasteiger partial charge on any atom is -0.365 e. The lowest BCUT2D eigenvalue weighted by molar-refractivity contribution is -0.140. The van der Waals surface area contributed by atoms with E-state index >= 15 is 0 Å². The van der Waals surface area contributed by atoms with E-state index in [1.54, 1.807) is 19.3 Å². The SMILES string of the molecule is CCn1cc(Cl)cc1C(=O)NCC12CC(C(=O)NC)(C1)C1(CCNCC1)O2. The Balaban J connectivity index is 1.49. The standard InChI is InChI=1S/C19H27ClN4O3/c1-3-24-9-13(20)8-14(24)15(25)23-12-17-10-18(11-17,16(26)21-2)19(27-17)4-6-22-7-5-19/h8-9,22H,3-7,10-12H2,1-2H3,(H,21,26)(H,23,25). The van der Waals surface area contributed by atoms with Crippen LogP contribution in [0.1, 0.15) is 43.1 Å². The van der Waals surface area contributed by atoms with Crippen molar-refractivity contribution in [2.24, 2.45) is 5.41 Å². The van der Waals surface area contributed by atoms with E-state index in [1.807, 2.05) is 11.5 Å². The molecule has 2 bridgehead atoms. The van der Waals surface area contributed by atoms with Crippen LogP contribution in [0.15, 0.2) is 12.3 Å². The van der Waals surface area contributed by atoms with Crippen molar-refractivity contribution >= 4 is 23.4 Å². The summed E-state index contributed by atoms with van der Waals surface area (Å²) in [5.74, 6) is -0.0964. The number of aryl methyl sites for hydroxylation is 1. The van der Waals surface area contributed by atoms with Gasteiger partial charge in [-0.3, -0.25) is 9.59 Å². The molecule has 0 atom stereocenters. The third kappa shape index (κ3) is 2.70. The fourth-order valence-electron chi connectivity index (χ4n) is 5.39. The summed E-state index contributed by atoms with van der Waals surface area (Å²) in [6.45, 7) is 4.75. The van der Waals surface area contributed by atoms with Crippen LogP contribution in [0, 0.1) is 5.41 Å². The van der Waals surface area contributed by atoms with Crippen LogP contribution in [0.4, 0.5) is 0 Å². The monoisotopic (exact) mass is 394 g/mol. The molecular weight excluding hydrogens is 368 g/mol. The number of halogens is 1. The normalized spacial score (nSPS) is 30.8. The molecule has 0 aromatic carbocycles. The highest BCUT2D eigenvalue weighted by Crippen LogP contribution is 2.68. The number of ether oxygens (including phenoxy) is 1. The smallest absolute Gasteiger partial charge is 0.268 e. The third-order valence-corrected chi connectivity index (χ3v) is 6.82. The van der Waals surface area contributed by atoms with Gasteiger partial charge >= 0.3 is 0 Å². The Morgan fingerprint density at radius 2 is 2.04 bits per heavy atom. The summed E-state index contributed by atoms with van der Waals surface area (Å²) in [5.41, 5.74) is -0.796. The largest absolute Gasteiger partial charge is 0.365 e. The second kappa shape index (κ2) is 6.50. The van der Waals surface area contributed by atoms with Crippen LogP contribution in [-0.4, -0.2) is 54.3 Å². The highest BCUT2D eigenvalue weighted by Gasteiger charge is 2.77. The lowest BCUT2D eigenvalue weighted by atomic mass is 9.53. The maximum absolute atomic E-state index is 12.7. The molecule has 0 unspecified atom stereocenters. The third-order valence-electron chi connectivity index (χ3n) is 6.61. The number of carbonyl (C=O) groups excluding carboxylic acids is 2. The summed E-state index contributed by atoms with van der Waals surface area (Å²) in [4.78, 5) is 25.4. The maximum Gasteiger partial charge on any atom is 0.268 e. The van der Waals surface area contributed by atoms with Crippen molar-refractivity contribution in [2.75, 3.05) is 26.7 Å². The molecule has 1 saturated carbocycles. The molecule has 1 aliphatic carbocycles. The molecule has 1 spiro atoms. The molecule has 3 saturated heterocycles. The molecular formula is C19H27ClN4O3. The number of nitrogens with one attached hydrogen (secondary N) is 3. The first kappa shape index (κ1) is 18.8. The number of hydrogen-bond acceptors (Lipinski definition) is 4. The minimum absolute atomic E-state index is 0.0653. The number of nitrogens with zero attached hydrogens (tertiary/aromatic N) is 1. The van der Waals surface area contributed by atoms with E-state index in [4.69, 9.17) is 16.3 Å². The van der Waals surface area contributed by atoms with Crippen molar-refractivity contribution in [2.45, 2.75) is 50.4 Å². The molecule has 27 heavy (non-hydrogen) atoms. The molecule has 8 heteroatoms. The van der Waals surface area contributed by atoms with Crippen molar-refractivity contribution in [3.63, 3.8) is 0 Å². The van der Waals surface area contributed by atoms with Gasteiger partial charge in [-0.25, -0.2) is 0 Å². The molecule has 1 aromatic rings. The van der Waals surface area contributed by atoms with Crippen LogP contribution in [-0.2, 0) is 16.1 Å². The Labute approximate surface area is 164 Å². The molecule has 7 nitrogen and oxygen atoms in total. The van der Waals surface area contributed by atoms with Crippen molar-refractivity contribution in [3.8, 4) is 0 Å². The Morgan fingerprint density at radius 3 is 2.67 bits per heavy atom. The quantitative estimate of drug-likeness (QED) is 0.703. The van der Waals surface area contributed by atoms with Gasteiger partial charge in [0.1, 0.15) is 5.69 Å². The Morgan fingerprint density at radius 1 is 1.33 bits per heavy atom. The lowest BCUT2D eigenvalue weighted by Crippen LogP contribution is -2.61. The minimum atomic E-state index is -0.471. The van der Waals surface area contributed by atoms with Crippen molar-refractivity contribution in [1.82, 2.24) is 20.5 Å². The molecule has 0 radical (unpaired) electrons. The number of rotatable bonds is 5. The molecule has 4 aliphatic rings. The summed E-state index contributed by atoms with van der Waals surface area (Å²) in [7, 11) is 1.69. The second-order valence-electron chi connectivity index (χ2n) is 8.06. The van der Waals surface area contributed by atoms with Crippen molar-refractivity contribution in [3.05, 3.63) is 23.0 Å². The van der Waals surface area contributed by atoms with Crippen molar-refractivity contribution < 1.29 is 14.3 Å². The number of piperidine rings is 1. The lowest BCUT2D eigenvalue weighted by Gasteiger charge is -2.47. The zero-order valence-corrected chi connectivity index (χ0v) is 16.6. The zero-order valence-electron chi connectivity index (χ0n) is 15.9. The van der Waals surface area contributed by atoms with Crippen LogP contribution in [0.2, 0.25) is 5.02 Å². The molecule has 3 aliphatic heterocycles. The fourth-order valence-corrected chi connectivity index (χ4v) is 5.61. The number of hydrogen-bond donors (Lipinski definition) is 3. The number of carbonyl (C=O) groups is 2. The van der Waals surface area contributed by atoms with E-state index in [0.717, 1.165) is 25.9 Å². The molecule has 5 rings (SSSR count). The summed E-state index contributed by atoms with van der Waals surface area (Å²) >= 11 is 6.04. The highest BCUT2D eigenvalue weighted by molar-refractivity contribution is 6.31. The first-order valence-corrected chi connectivity index (χ1v) is 10.0. The van der Waals surface area contributed by atoms with Gasteiger partial charge < -0.3 is 25.3 Å². The van der Waals surface area contributed by atoms with Gasteiger partial charge in [-0.05, 0) is 51.8 Å². The fraction of sp³-hybridized carbons (Fsp3) is 0.684. The van der Waals surface area contributed by atoms with Gasteiger partial charge in [0.05, 0.1) is 21.6 Å². The van der Waals surface area contributed by atoms with E-state index < -0.39 is 16.6 Å². The Bertz CT molecular complexity index is 763. The molecule has 1 aromatic heterocycles. The summed E-state index contributed by atoms with van der Waals surface area (Å²) < 4.78 is 8.41. The molecule has 2 amide bonds. The van der Waals surface area contributed by atoms with E-state index in [0.29, 0.717) is 36.6 Å². The first-order valence-electron chi connectivity index (χ1n) is 9.66. The maximum atomic E-state index is 12.7. The summed E-state index contributed by atoms with van der Waals surface area (Å²) in [5, 5.41) is 9.75. The zero-order chi connectivity index (χ0) is 19.3. The van der Waals surface area contributed by atoms with Gasteiger partial charge in [-0.1, -0.05) is 11.6 Å². The average molecular weight is 395 g/mol. The van der Waals surface area contributed by atoms with E-state index in [2.05, 4.69) is 16.0 Å². The van der Waals surface area contributed by atoms with Crippen LogP contribution < -0.4 is 16.0 Å². The number of amides is 2. The topological polar surface area (TPSA) is 84.4 Å². The van der Waals surface area contributed by atoms with E-state index in [9.17, 15) is 9.59 Å². The van der Waals surface area contributed by atoms with Gasteiger partial charge in [-0.2, -0.15) is 0 Å². The van der Waals surface area contributed by atoms with Crippen LogP contribution in [0.5, 0.6) is 0 Å². The van der Waals surface area contributed by atoms with Crippen LogP contribution >= 0.6 is 11.6 Å². The molecule has 4 heterocycles. The Hall–Kier alpha value is -1.57. The summed E-state index contributed by atoms with van der Waals surface area (Å²) in [6.07, 6.45) is 4.73. The van der Waals surface area contributed by atoms with E-state index in [-0.39, 0.29) is 11.8 Å². The van der Waals surface area contributed by atoms with Crippen LogP contribution in [0.3, 0.4) is 0 Å². The first-order chi connectivity index (χ1) is 12.9. The predicted molar refractivity (Wildman–Crippen MR) is 102 cm³/mol. The number of aromatic nitrogens is 1. The Kier molecular flexibility index (Phi) is 4.52. The molecule has 148 valence electrons. The van der Waals surface area contributed by atoms with Gasteiger partial charge in [0, 0.05) is 26.3 Å². The van der Waals surface area contributed by atoms with Gasteiger partial charge in [0.2, 0.25) is 5.91 Å². The van der Waals surface area contributed by atoms with E-state index in [1.165, 1.54) is 0 Å². The van der Waals surface area contributed by atoms with Gasteiger partial charge in [-0.15, -0.1) is 0 Å². The van der Waals surface area contributed by atoms with Crippen molar-refractivity contribution in [1.29, 1.82) is 0 Å². The predicted octanol–water partition coefficient (Wildman–Crippen LogP) is 1.31. The molecule has 3 N–H and O–H groups in total. The van der Waals surface area contributed by atoms with Gasteiger partial charge in [0.25, 0.3) is 5.91 Å². The second-order valence-corrected chi connectivity index (χ2v) is 8.49. The highest BCUT2D eigenvalue weighted by atomic mass is 35.5. The molecule has 4 fully saturated rings. The van der Waals surface area contributed by atoms with Crippen LogP contribution in [0.25, 0.3) is 0 Å². The average Bonchev–Trinajstić information content (AvgIpc) is 3.24. The van der Waals surface area contributed by atoms with Gasteiger partial charge in [0.15, 0.2) is 0 Å².